The van der Waals surface area contributed by atoms with Gasteiger partial charge in [-0.1, -0.05) is 60.7 Å². The maximum absolute atomic E-state index is 13.5. The maximum Gasteiger partial charge on any atom is 0.220 e. The molecule has 0 radical (unpaired) electrons. The topological polar surface area (TPSA) is 122 Å². The van der Waals surface area contributed by atoms with Crippen LogP contribution in [0.5, 0.6) is 0 Å². The average molecular weight is 519 g/mol. The Morgan fingerprint density at radius 3 is 1.05 bits per heavy atom. The van der Waals surface area contributed by atoms with E-state index >= 15 is 0 Å². The zero-order chi connectivity index (χ0) is 26.8. The van der Waals surface area contributed by atoms with Crippen LogP contribution < -0.4 is 0 Å². The van der Waals surface area contributed by atoms with E-state index in [0.29, 0.717) is 0 Å². The average Bonchev–Trinajstić information content (AvgIpc) is 2.91. The van der Waals surface area contributed by atoms with E-state index in [4.69, 9.17) is 0 Å². The highest BCUT2D eigenvalue weighted by Crippen LogP contribution is 2.91. The molecule has 0 aromatic heterocycles. The molecule has 8 bridgehead atoms. The molecule has 2 aromatic rings. The Morgan fingerprint density at radius 1 is 0.579 bits per heavy atom. The minimum Gasteiger partial charge on any atom is -0.396 e. The summed E-state index contributed by atoms with van der Waals surface area (Å²) in [5.41, 5.74) is -2.11. The normalized spacial score (nSPS) is 45.0. The molecule has 4 saturated heterocycles. The lowest BCUT2D eigenvalue weighted by Gasteiger charge is -2.97. The highest BCUT2D eigenvalue weighted by molar-refractivity contribution is 5.82. The lowest BCUT2D eigenvalue weighted by atomic mass is 9.16. The Hall–Kier alpha value is -2.78. The maximum atomic E-state index is 13.5. The first-order valence-electron chi connectivity index (χ1n) is 13.4. The molecule has 200 valence electrons. The summed E-state index contributed by atoms with van der Waals surface area (Å²) in [6.45, 7) is 1.73. The molecule has 4 heterocycles. The van der Waals surface area contributed by atoms with Gasteiger partial charge >= 0.3 is 0 Å². The number of benzene rings is 2. The van der Waals surface area contributed by atoms with E-state index in [-0.39, 0.29) is 50.1 Å². The summed E-state index contributed by atoms with van der Waals surface area (Å²) >= 11 is 0. The monoisotopic (exact) mass is 518 g/mol. The molecule has 2 amide bonds. The number of hydrogen-bond acceptors (Lipinski definition) is 6. The van der Waals surface area contributed by atoms with Crippen LogP contribution >= 0.6 is 0 Å². The van der Waals surface area contributed by atoms with Gasteiger partial charge in [0.1, 0.15) is 0 Å². The molecule has 6 fully saturated rings. The molecule has 0 spiro atoms. The molecule has 6 aliphatic rings. The minimum atomic E-state index is -0.994. The second kappa shape index (κ2) is 7.45. The molecule has 8 heteroatoms. The molecular weight excluding hydrogens is 484 g/mol. The van der Waals surface area contributed by atoms with E-state index in [0.717, 1.165) is 11.1 Å². The number of piperidine rings is 4. The Labute approximate surface area is 221 Å². The van der Waals surface area contributed by atoms with E-state index in [1.165, 1.54) is 13.8 Å². The Kier molecular flexibility index (Phi) is 4.76. The first-order valence-corrected chi connectivity index (χ1v) is 13.4. The van der Waals surface area contributed by atoms with Crippen molar-refractivity contribution in [3.63, 3.8) is 0 Å². The molecule has 0 unspecified atom stereocenters. The van der Waals surface area contributed by atoms with Gasteiger partial charge in [0, 0.05) is 47.3 Å². The third kappa shape index (κ3) is 2.07. The molecular formula is C30H34N2O6. The molecule has 2 saturated carbocycles. The summed E-state index contributed by atoms with van der Waals surface area (Å²) in [6.07, 6.45) is 0. The van der Waals surface area contributed by atoms with Crippen LogP contribution in [0.25, 0.3) is 0 Å². The number of aliphatic hydroxyl groups excluding tert-OH is 4. The minimum absolute atomic E-state index is 0.211. The van der Waals surface area contributed by atoms with E-state index < -0.39 is 45.8 Å². The van der Waals surface area contributed by atoms with E-state index in [1.807, 2.05) is 60.7 Å². The fourth-order valence-corrected chi connectivity index (χ4v) is 11.4. The molecule has 0 atom stereocenters. The number of aliphatic hydroxyl groups is 4. The quantitative estimate of drug-likeness (QED) is 0.447. The SMILES string of the molecule is CC(=O)N1C2C3(CO)C(c4ccccc4)C4(CO)C1C1(CO)C(c5ccccc5)C2(CO)C3N(C(C)=O)C41. The van der Waals surface area contributed by atoms with Crippen LogP contribution in [0.1, 0.15) is 36.8 Å². The number of rotatable bonds is 6. The number of nitrogens with zero attached hydrogens (tertiary/aromatic N) is 2. The first kappa shape index (κ1) is 24.3. The highest BCUT2D eigenvalue weighted by Gasteiger charge is 3.00. The molecule has 4 aliphatic heterocycles. The number of carbonyl (C=O) groups is 2. The molecule has 2 aliphatic carbocycles. The molecule has 4 N–H and O–H groups in total. The number of hydrogen-bond donors (Lipinski definition) is 4. The summed E-state index contributed by atoms with van der Waals surface area (Å²) in [4.78, 5) is 30.6. The van der Waals surface area contributed by atoms with Crippen molar-refractivity contribution in [1.29, 1.82) is 0 Å². The predicted molar refractivity (Wildman–Crippen MR) is 137 cm³/mol. The zero-order valence-corrected chi connectivity index (χ0v) is 21.6. The number of carbonyl (C=O) groups excluding carboxylic acids is 2. The van der Waals surface area contributed by atoms with Crippen molar-refractivity contribution in [3.8, 4) is 0 Å². The van der Waals surface area contributed by atoms with Crippen LogP contribution in [0.4, 0.5) is 0 Å². The van der Waals surface area contributed by atoms with Crippen LogP contribution in [0.2, 0.25) is 0 Å². The van der Waals surface area contributed by atoms with Crippen LogP contribution in [0, 0.1) is 21.7 Å². The lowest BCUT2D eigenvalue weighted by Crippen LogP contribution is -3.08. The second-order valence-corrected chi connectivity index (χ2v) is 12.2. The summed E-state index contributed by atoms with van der Waals surface area (Å²) < 4.78 is 0. The van der Waals surface area contributed by atoms with Gasteiger partial charge in [0.2, 0.25) is 11.8 Å². The van der Waals surface area contributed by atoms with Gasteiger partial charge in [0.05, 0.1) is 50.6 Å². The summed E-state index contributed by atoms with van der Waals surface area (Å²) in [6, 6.07) is 17.1. The van der Waals surface area contributed by atoms with Crippen molar-refractivity contribution in [1.82, 2.24) is 9.80 Å². The van der Waals surface area contributed by atoms with Crippen LogP contribution in [0.15, 0.2) is 60.7 Å². The van der Waals surface area contributed by atoms with Crippen molar-refractivity contribution in [3.05, 3.63) is 71.8 Å². The largest absolute Gasteiger partial charge is 0.396 e. The van der Waals surface area contributed by atoms with E-state index in [2.05, 4.69) is 0 Å². The van der Waals surface area contributed by atoms with Gasteiger partial charge in [-0.3, -0.25) is 9.59 Å². The van der Waals surface area contributed by atoms with Gasteiger partial charge in [0.15, 0.2) is 0 Å². The van der Waals surface area contributed by atoms with Crippen molar-refractivity contribution in [2.45, 2.75) is 49.9 Å². The Morgan fingerprint density at radius 2 is 0.842 bits per heavy atom. The van der Waals surface area contributed by atoms with Gasteiger partial charge in [-0.05, 0) is 11.1 Å². The van der Waals surface area contributed by atoms with Gasteiger partial charge in [0.25, 0.3) is 0 Å². The predicted octanol–water partition coefficient (Wildman–Crippen LogP) is 0.708. The van der Waals surface area contributed by atoms with Crippen LogP contribution in [-0.4, -0.2) is 92.6 Å². The van der Waals surface area contributed by atoms with Crippen LogP contribution in [-0.2, 0) is 9.59 Å². The highest BCUT2D eigenvalue weighted by atomic mass is 16.3. The van der Waals surface area contributed by atoms with Gasteiger partial charge in [-0.15, -0.1) is 0 Å². The van der Waals surface area contributed by atoms with Crippen LogP contribution in [0.3, 0.4) is 0 Å². The van der Waals surface area contributed by atoms with Gasteiger partial charge in [-0.2, -0.15) is 0 Å². The van der Waals surface area contributed by atoms with Crippen molar-refractivity contribution >= 4 is 11.8 Å². The Balaban J connectivity index is 1.63. The third-order valence-electron chi connectivity index (χ3n) is 11.4. The smallest absolute Gasteiger partial charge is 0.220 e. The summed E-state index contributed by atoms with van der Waals surface area (Å²) in [5, 5.41) is 45.5. The van der Waals surface area contributed by atoms with Crippen molar-refractivity contribution < 1.29 is 30.0 Å². The first-order chi connectivity index (χ1) is 18.3. The standard InChI is InChI=1S/C30H34N2O6/c1-17(37)31-23-27(13-33)21(19-9-5-3-6-10-19)28(14-34)24(31)30(16-36)22(20-11-7-4-8-12-20)29(23,15-35)25(27)32(18(2)38)26(28)30/h3-12,21-26,33-36H,13-16H2,1-2H3. The molecule has 38 heavy (non-hydrogen) atoms. The summed E-state index contributed by atoms with van der Waals surface area (Å²) in [5.74, 6) is -1.17. The molecule has 8 rings (SSSR count). The van der Waals surface area contributed by atoms with E-state index in [1.54, 1.807) is 9.80 Å². The van der Waals surface area contributed by atoms with Crippen molar-refractivity contribution in [2.75, 3.05) is 26.4 Å². The fraction of sp³-hybridized carbons (Fsp3) is 0.533. The van der Waals surface area contributed by atoms with E-state index in [9.17, 15) is 30.0 Å². The lowest BCUT2D eigenvalue weighted by molar-refractivity contribution is -0.474. The zero-order valence-electron chi connectivity index (χ0n) is 21.6. The van der Waals surface area contributed by atoms with Crippen molar-refractivity contribution in [2.24, 2.45) is 21.7 Å². The Bertz CT molecular complexity index is 1150. The van der Waals surface area contributed by atoms with Gasteiger partial charge in [-0.25, -0.2) is 0 Å². The van der Waals surface area contributed by atoms with Gasteiger partial charge < -0.3 is 30.2 Å². The second-order valence-electron chi connectivity index (χ2n) is 12.2. The fourth-order valence-electron chi connectivity index (χ4n) is 11.4. The molecule has 8 nitrogen and oxygen atoms in total. The summed E-state index contributed by atoms with van der Waals surface area (Å²) in [7, 11) is 0. The molecule has 2 aromatic carbocycles. The number of amides is 2. The third-order valence-corrected chi connectivity index (χ3v) is 11.4.